The van der Waals surface area contributed by atoms with Gasteiger partial charge in [0.05, 0.1) is 0 Å². The number of carbonyl (C=O) groups excluding carboxylic acids is 2. The molecule has 22 heavy (non-hydrogen) atoms. The summed E-state index contributed by atoms with van der Waals surface area (Å²) in [5, 5.41) is 2.88. The zero-order chi connectivity index (χ0) is 16.3. The quantitative estimate of drug-likeness (QED) is 0.569. The van der Waals surface area contributed by atoms with Crippen LogP contribution in [0.15, 0.2) is 24.3 Å². The Labute approximate surface area is 143 Å². The summed E-state index contributed by atoms with van der Waals surface area (Å²) >= 11 is 2.22. The third kappa shape index (κ3) is 3.58. The highest BCUT2D eigenvalue weighted by Crippen LogP contribution is 2.22. The fourth-order valence-electron chi connectivity index (χ4n) is 2.57. The van der Waals surface area contributed by atoms with Crippen molar-refractivity contribution in [3.05, 3.63) is 50.4 Å². The fraction of sp³-hybridized carbons (Fsp3) is 0.294. The number of aryl methyl sites for hydroxylation is 1. The molecule has 1 amide bonds. The Balaban J connectivity index is 2.34. The molecule has 1 heterocycles. The second-order valence-corrected chi connectivity index (χ2v) is 6.49. The van der Waals surface area contributed by atoms with Crippen LogP contribution in [0.1, 0.15) is 52.4 Å². The van der Waals surface area contributed by atoms with Crippen molar-refractivity contribution in [2.45, 2.75) is 33.6 Å². The van der Waals surface area contributed by atoms with Crippen molar-refractivity contribution in [1.82, 2.24) is 4.98 Å². The molecule has 2 aromatic rings. The summed E-state index contributed by atoms with van der Waals surface area (Å²) in [6, 6.07) is 7.59. The number of halogens is 1. The molecule has 0 saturated heterocycles. The SMILES string of the molecule is CCCc1c(C(=O)Nc2ccc(I)cc2)[nH]c(C)c1C(C)=O. The van der Waals surface area contributed by atoms with Gasteiger partial charge in [-0.25, -0.2) is 0 Å². The van der Waals surface area contributed by atoms with Crippen molar-refractivity contribution in [1.29, 1.82) is 0 Å². The summed E-state index contributed by atoms with van der Waals surface area (Å²) < 4.78 is 1.11. The minimum absolute atomic E-state index is 0.00878. The van der Waals surface area contributed by atoms with E-state index >= 15 is 0 Å². The number of carbonyl (C=O) groups is 2. The van der Waals surface area contributed by atoms with Crippen LogP contribution in [0.25, 0.3) is 0 Å². The maximum atomic E-state index is 12.5. The number of benzene rings is 1. The first-order valence-electron chi connectivity index (χ1n) is 7.23. The second-order valence-electron chi connectivity index (χ2n) is 5.25. The Morgan fingerprint density at radius 2 is 1.86 bits per heavy atom. The van der Waals surface area contributed by atoms with Gasteiger partial charge in [-0.15, -0.1) is 0 Å². The van der Waals surface area contributed by atoms with Gasteiger partial charge >= 0.3 is 0 Å². The van der Waals surface area contributed by atoms with Gasteiger partial charge in [0.25, 0.3) is 5.91 Å². The van der Waals surface area contributed by atoms with E-state index in [2.05, 4.69) is 32.9 Å². The molecule has 0 aliphatic heterocycles. The zero-order valence-electron chi connectivity index (χ0n) is 12.9. The Morgan fingerprint density at radius 3 is 2.41 bits per heavy atom. The third-order valence-corrected chi connectivity index (χ3v) is 4.19. The smallest absolute Gasteiger partial charge is 0.272 e. The first kappa shape index (κ1) is 16.7. The Kier molecular flexibility index (Phi) is 5.39. The number of ketones is 1. The zero-order valence-corrected chi connectivity index (χ0v) is 15.1. The molecule has 0 saturated carbocycles. The standard InChI is InChI=1S/C17H19IN2O2/c1-4-5-14-15(11(3)21)10(2)19-16(14)17(22)20-13-8-6-12(18)7-9-13/h6-9,19H,4-5H2,1-3H3,(H,20,22). The minimum Gasteiger partial charge on any atom is -0.354 e. The maximum Gasteiger partial charge on any atom is 0.272 e. The molecule has 116 valence electrons. The van der Waals surface area contributed by atoms with Gasteiger partial charge in [0, 0.05) is 20.5 Å². The molecule has 0 aliphatic rings. The molecule has 0 fully saturated rings. The van der Waals surface area contributed by atoms with Gasteiger partial charge in [-0.3, -0.25) is 9.59 Å². The van der Waals surface area contributed by atoms with E-state index in [0.29, 0.717) is 17.7 Å². The van der Waals surface area contributed by atoms with Gasteiger partial charge in [0.1, 0.15) is 5.69 Å². The number of aromatic nitrogens is 1. The molecular formula is C17H19IN2O2. The summed E-state index contributed by atoms with van der Waals surface area (Å²) in [4.78, 5) is 27.4. The number of Topliss-reactive ketones (excluding diaryl/α,β-unsaturated/α-hetero) is 1. The summed E-state index contributed by atoms with van der Waals surface area (Å²) in [5.74, 6) is -0.217. The highest BCUT2D eigenvalue weighted by molar-refractivity contribution is 14.1. The van der Waals surface area contributed by atoms with Crippen molar-refractivity contribution >= 4 is 40.0 Å². The summed E-state index contributed by atoms with van der Waals surface area (Å²) in [6.07, 6.45) is 1.58. The van der Waals surface area contributed by atoms with Gasteiger partial charge in [-0.05, 0) is 72.7 Å². The lowest BCUT2D eigenvalue weighted by Crippen LogP contribution is -2.15. The van der Waals surface area contributed by atoms with E-state index in [9.17, 15) is 9.59 Å². The number of anilines is 1. The van der Waals surface area contributed by atoms with Gasteiger partial charge in [-0.2, -0.15) is 0 Å². The molecule has 1 aromatic carbocycles. The Bertz CT molecular complexity index is 702. The van der Waals surface area contributed by atoms with Gasteiger partial charge in [-0.1, -0.05) is 13.3 Å². The predicted molar refractivity (Wildman–Crippen MR) is 96.6 cm³/mol. The normalized spacial score (nSPS) is 10.5. The van der Waals surface area contributed by atoms with Crippen LogP contribution in [0.5, 0.6) is 0 Å². The lowest BCUT2D eigenvalue weighted by Gasteiger charge is -2.07. The molecule has 0 radical (unpaired) electrons. The number of nitrogens with one attached hydrogen (secondary N) is 2. The molecule has 2 rings (SSSR count). The van der Waals surface area contributed by atoms with Gasteiger partial charge in [0.15, 0.2) is 5.78 Å². The van der Waals surface area contributed by atoms with Crippen molar-refractivity contribution in [2.24, 2.45) is 0 Å². The molecule has 2 N–H and O–H groups in total. The van der Waals surface area contributed by atoms with Crippen LogP contribution in [0.2, 0.25) is 0 Å². The largest absolute Gasteiger partial charge is 0.354 e. The summed E-state index contributed by atoms with van der Waals surface area (Å²) in [5.41, 5.74) is 3.45. The molecule has 5 heteroatoms. The molecule has 0 aliphatic carbocycles. The number of H-pyrrole nitrogens is 1. The lowest BCUT2D eigenvalue weighted by molar-refractivity contribution is 0.101. The topological polar surface area (TPSA) is 62.0 Å². The molecule has 0 atom stereocenters. The van der Waals surface area contributed by atoms with Gasteiger partial charge in [0.2, 0.25) is 0 Å². The molecule has 0 unspecified atom stereocenters. The number of hydrogen-bond acceptors (Lipinski definition) is 2. The average Bonchev–Trinajstić information content (AvgIpc) is 2.79. The van der Waals surface area contributed by atoms with E-state index in [4.69, 9.17) is 0 Å². The number of aromatic amines is 1. The van der Waals surface area contributed by atoms with Crippen molar-refractivity contribution < 1.29 is 9.59 Å². The first-order chi connectivity index (χ1) is 10.4. The van der Waals surface area contributed by atoms with Crippen LogP contribution in [0, 0.1) is 10.5 Å². The minimum atomic E-state index is -0.208. The fourth-order valence-corrected chi connectivity index (χ4v) is 2.93. The van der Waals surface area contributed by atoms with Crippen LogP contribution < -0.4 is 5.32 Å². The molecule has 1 aromatic heterocycles. The molecule has 0 spiro atoms. The van der Waals surface area contributed by atoms with E-state index in [1.54, 1.807) is 0 Å². The first-order valence-corrected chi connectivity index (χ1v) is 8.31. The monoisotopic (exact) mass is 410 g/mol. The highest BCUT2D eigenvalue weighted by Gasteiger charge is 2.22. The Hall–Kier alpha value is -1.63. The van der Waals surface area contributed by atoms with Crippen LogP contribution in [-0.2, 0) is 6.42 Å². The van der Waals surface area contributed by atoms with E-state index in [1.165, 1.54) is 6.92 Å². The molecular weight excluding hydrogens is 391 g/mol. The van der Waals surface area contributed by atoms with Crippen LogP contribution >= 0.6 is 22.6 Å². The predicted octanol–water partition coefficient (Wildman–Crippen LogP) is 4.34. The van der Waals surface area contributed by atoms with Crippen molar-refractivity contribution in [3.8, 4) is 0 Å². The van der Waals surface area contributed by atoms with E-state index in [1.807, 2.05) is 38.1 Å². The maximum absolute atomic E-state index is 12.5. The number of hydrogen-bond donors (Lipinski definition) is 2. The number of amides is 1. The van der Waals surface area contributed by atoms with Crippen LogP contribution in [-0.4, -0.2) is 16.7 Å². The average molecular weight is 410 g/mol. The molecule has 4 nitrogen and oxygen atoms in total. The van der Waals surface area contributed by atoms with Crippen molar-refractivity contribution in [3.63, 3.8) is 0 Å². The van der Waals surface area contributed by atoms with Gasteiger partial charge < -0.3 is 10.3 Å². The van der Waals surface area contributed by atoms with E-state index in [0.717, 1.165) is 26.9 Å². The second kappa shape index (κ2) is 7.09. The van der Waals surface area contributed by atoms with Crippen LogP contribution in [0.4, 0.5) is 5.69 Å². The van der Waals surface area contributed by atoms with Crippen molar-refractivity contribution in [2.75, 3.05) is 5.32 Å². The summed E-state index contributed by atoms with van der Waals surface area (Å²) in [7, 11) is 0. The number of rotatable bonds is 5. The van der Waals surface area contributed by atoms with E-state index < -0.39 is 0 Å². The third-order valence-electron chi connectivity index (χ3n) is 3.47. The van der Waals surface area contributed by atoms with E-state index in [-0.39, 0.29) is 11.7 Å². The Morgan fingerprint density at radius 1 is 1.23 bits per heavy atom. The summed E-state index contributed by atoms with van der Waals surface area (Å²) in [6.45, 7) is 5.40. The molecule has 0 bridgehead atoms. The lowest BCUT2D eigenvalue weighted by atomic mass is 10.0. The highest BCUT2D eigenvalue weighted by atomic mass is 127. The van der Waals surface area contributed by atoms with Crippen LogP contribution in [0.3, 0.4) is 0 Å².